The van der Waals surface area contributed by atoms with Gasteiger partial charge in [0.2, 0.25) is 0 Å². The van der Waals surface area contributed by atoms with Crippen LogP contribution in [0.1, 0.15) is 33.5 Å². The Morgan fingerprint density at radius 1 is 1.17 bits per heavy atom. The third kappa shape index (κ3) is 1.79. The zero-order valence-corrected chi connectivity index (χ0v) is 10.9. The van der Waals surface area contributed by atoms with Crippen LogP contribution in [0.2, 0.25) is 0 Å². The lowest BCUT2D eigenvalue weighted by Gasteiger charge is -2.36. The summed E-state index contributed by atoms with van der Waals surface area (Å²) in [5, 5.41) is 0. The molecule has 0 aliphatic rings. The largest absolute Gasteiger partial charge is 0.341 e. The van der Waals surface area contributed by atoms with Crippen LogP contribution < -0.4 is 5.73 Å². The summed E-state index contributed by atoms with van der Waals surface area (Å²) in [4.78, 5) is 7.17. The normalized spacial score (nSPS) is 13.3. The van der Waals surface area contributed by atoms with Crippen molar-refractivity contribution in [3.63, 3.8) is 0 Å². The van der Waals surface area contributed by atoms with Crippen LogP contribution in [-0.2, 0) is 5.41 Å². The van der Waals surface area contributed by atoms with E-state index in [1.807, 2.05) is 27.7 Å². The molecule has 1 heterocycles. The summed E-state index contributed by atoms with van der Waals surface area (Å²) in [6.07, 6.45) is 0. The van der Waals surface area contributed by atoms with Crippen LogP contribution in [0.4, 0.5) is 8.78 Å². The van der Waals surface area contributed by atoms with Gasteiger partial charge in [-0.15, -0.1) is 0 Å². The Kier molecular flexibility index (Phi) is 2.70. The number of hydrogen-bond acceptors (Lipinski definition) is 2. The molecular weight excluding hydrogens is 236 g/mol. The average molecular weight is 253 g/mol. The van der Waals surface area contributed by atoms with E-state index in [1.165, 1.54) is 6.07 Å². The highest BCUT2D eigenvalue weighted by atomic mass is 19.2. The van der Waals surface area contributed by atoms with Crippen LogP contribution in [0.15, 0.2) is 12.1 Å². The average Bonchev–Trinajstić information content (AvgIpc) is 2.67. The van der Waals surface area contributed by atoms with Crippen molar-refractivity contribution < 1.29 is 8.78 Å². The van der Waals surface area contributed by atoms with Crippen molar-refractivity contribution in [3.8, 4) is 0 Å². The first kappa shape index (κ1) is 13.0. The maximum Gasteiger partial charge on any atom is 0.186 e. The van der Waals surface area contributed by atoms with Crippen LogP contribution in [0, 0.1) is 11.6 Å². The van der Waals surface area contributed by atoms with E-state index in [1.54, 1.807) is 0 Å². The number of fused-ring (bicyclic) bond motifs is 1. The number of H-pyrrole nitrogens is 1. The molecule has 98 valence electrons. The van der Waals surface area contributed by atoms with Gasteiger partial charge in [0, 0.05) is 11.0 Å². The SMILES string of the molecule is CC(C)(N)C(C)(C)c1nc2c(F)c(F)ccc2[nH]1. The summed E-state index contributed by atoms with van der Waals surface area (Å²) in [5.74, 6) is -1.28. The molecular formula is C13H17F2N3. The zero-order valence-electron chi connectivity index (χ0n) is 10.9. The first-order valence-corrected chi connectivity index (χ1v) is 5.77. The Balaban J connectivity index is 2.65. The number of imidazole rings is 1. The zero-order chi connectivity index (χ0) is 13.7. The first-order chi connectivity index (χ1) is 8.14. The molecule has 0 aliphatic carbocycles. The minimum absolute atomic E-state index is 0.0160. The molecule has 0 saturated carbocycles. The summed E-state index contributed by atoms with van der Waals surface area (Å²) < 4.78 is 26.7. The molecule has 0 aliphatic heterocycles. The van der Waals surface area contributed by atoms with Gasteiger partial charge in [0.25, 0.3) is 0 Å². The van der Waals surface area contributed by atoms with Crippen LogP contribution in [0.3, 0.4) is 0 Å². The van der Waals surface area contributed by atoms with Crippen molar-refractivity contribution in [1.29, 1.82) is 0 Å². The van der Waals surface area contributed by atoms with Crippen molar-refractivity contribution in [3.05, 3.63) is 29.6 Å². The Hall–Kier alpha value is -1.49. The predicted molar refractivity (Wildman–Crippen MR) is 67.3 cm³/mol. The molecule has 2 aromatic rings. The van der Waals surface area contributed by atoms with Gasteiger partial charge < -0.3 is 10.7 Å². The topological polar surface area (TPSA) is 54.7 Å². The molecule has 0 unspecified atom stereocenters. The van der Waals surface area contributed by atoms with Gasteiger partial charge in [0.1, 0.15) is 11.3 Å². The molecule has 18 heavy (non-hydrogen) atoms. The van der Waals surface area contributed by atoms with Crippen molar-refractivity contribution in [2.45, 2.75) is 38.6 Å². The molecule has 0 spiro atoms. The standard InChI is InChI=1S/C13H17F2N3/c1-12(2,13(3,4)16)11-17-8-6-5-7(14)9(15)10(8)18-11/h5-6H,16H2,1-4H3,(H,17,18). The summed E-state index contributed by atoms with van der Waals surface area (Å²) in [6, 6.07) is 2.56. The fourth-order valence-corrected chi connectivity index (χ4v) is 1.62. The number of hydrogen-bond donors (Lipinski definition) is 2. The Labute approximate surface area is 104 Å². The van der Waals surface area contributed by atoms with Gasteiger partial charge in [-0.3, -0.25) is 0 Å². The van der Waals surface area contributed by atoms with Crippen LogP contribution in [-0.4, -0.2) is 15.5 Å². The van der Waals surface area contributed by atoms with Gasteiger partial charge in [0.15, 0.2) is 11.6 Å². The van der Waals surface area contributed by atoms with E-state index in [9.17, 15) is 8.78 Å². The Morgan fingerprint density at radius 3 is 2.33 bits per heavy atom. The molecule has 0 bridgehead atoms. The molecule has 0 saturated heterocycles. The van der Waals surface area contributed by atoms with Crippen LogP contribution >= 0.6 is 0 Å². The quantitative estimate of drug-likeness (QED) is 0.864. The summed E-state index contributed by atoms with van der Waals surface area (Å²) in [6.45, 7) is 7.58. The van der Waals surface area contributed by atoms with Gasteiger partial charge in [-0.25, -0.2) is 13.8 Å². The molecule has 5 heteroatoms. The molecule has 3 N–H and O–H groups in total. The van der Waals surface area contributed by atoms with Crippen LogP contribution in [0.25, 0.3) is 11.0 Å². The number of nitrogens with two attached hydrogens (primary N) is 1. The highest BCUT2D eigenvalue weighted by Gasteiger charge is 2.38. The first-order valence-electron chi connectivity index (χ1n) is 5.77. The molecule has 0 atom stereocenters. The van der Waals surface area contributed by atoms with E-state index in [0.717, 1.165) is 6.07 Å². The smallest absolute Gasteiger partial charge is 0.186 e. The Bertz CT molecular complexity index is 594. The van der Waals surface area contributed by atoms with Gasteiger partial charge in [-0.2, -0.15) is 0 Å². The van der Waals surface area contributed by atoms with Crippen molar-refractivity contribution in [2.75, 3.05) is 0 Å². The van der Waals surface area contributed by atoms with Crippen molar-refractivity contribution in [2.24, 2.45) is 5.73 Å². The number of halogens is 2. The molecule has 0 radical (unpaired) electrons. The monoisotopic (exact) mass is 253 g/mol. The van der Waals surface area contributed by atoms with E-state index in [0.29, 0.717) is 11.3 Å². The fourth-order valence-electron chi connectivity index (χ4n) is 1.62. The number of nitrogens with zero attached hydrogens (tertiary/aromatic N) is 1. The molecule has 0 fully saturated rings. The van der Waals surface area contributed by atoms with E-state index < -0.39 is 22.6 Å². The maximum atomic E-state index is 13.6. The van der Waals surface area contributed by atoms with Gasteiger partial charge in [0.05, 0.1) is 5.52 Å². The van der Waals surface area contributed by atoms with Gasteiger partial charge in [-0.1, -0.05) is 13.8 Å². The molecule has 0 amide bonds. The van der Waals surface area contributed by atoms with E-state index in [2.05, 4.69) is 9.97 Å². The lowest BCUT2D eigenvalue weighted by molar-refractivity contribution is 0.293. The predicted octanol–water partition coefficient (Wildman–Crippen LogP) is 2.86. The minimum Gasteiger partial charge on any atom is -0.341 e. The maximum absolute atomic E-state index is 13.6. The number of aromatic nitrogens is 2. The fraction of sp³-hybridized carbons (Fsp3) is 0.462. The van der Waals surface area contributed by atoms with E-state index >= 15 is 0 Å². The number of rotatable bonds is 2. The van der Waals surface area contributed by atoms with Gasteiger partial charge >= 0.3 is 0 Å². The summed E-state index contributed by atoms with van der Waals surface area (Å²) in [7, 11) is 0. The summed E-state index contributed by atoms with van der Waals surface area (Å²) >= 11 is 0. The highest BCUT2D eigenvalue weighted by Crippen LogP contribution is 2.32. The third-order valence-corrected chi connectivity index (χ3v) is 3.75. The minimum atomic E-state index is -0.930. The number of aromatic amines is 1. The molecule has 1 aromatic heterocycles. The number of nitrogens with one attached hydrogen (secondary N) is 1. The van der Waals surface area contributed by atoms with Crippen LogP contribution in [0.5, 0.6) is 0 Å². The van der Waals surface area contributed by atoms with E-state index in [4.69, 9.17) is 5.73 Å². The lowest BCUT2D eigenvalue weighted by Crippen LogP contribution is -2.50. The highest BCUT2D eigenvalue weighted by molar-refractivity contribution is 5.76. The second kappa shape index (κ2) is 3.75. The molecule has 3 nitrogen and oxygen atoms in total. The third-order valence-electron chi connectivity index (χ3n) is 3.75. The second-order valence-corrected chi connectivity index (χ2v) is 5.69. The summed E-state index contributed by atoms with van der Waals surface area (Å²) in [5.41, 5.74) is 5.56. The lowest BCUT2D eigenvalue weighted by atomic mass is 9.74. The van der Waals surface area contributed by atoms with Gasteiger partial charge in [-0.05, 0) is 26.0 Å². The molecule has 1 aromatic carbocycles. The number of benzene rings is 1. The van der Waals surface area contributed by atoms with E-state index in [-0.39, 0.29) is 5.52 Å². The second-order valence-electron chi connectivity index (χ2n) is 5.69. The molecule has 2 rings (SSSR count). The van der Waals surface area contributed by atoms with Crippen molar-refractivity contribution in [1.82, 2.24) is 9.97 Å². The van der Waals surface area contributed by atoms with Crippen molar-refractivity contribution >= 4 is 11.0 Å². The Morgan fingerprint density at radius 2 is 1.78 bits per heavy atom.